The van der Waals surface area contributed by atoms with Crippen molar-refractivity contribution in [3.8, 4) is 28.4 Å². The number of aromatic hydroxyl groups is 1. The first kappa shape index (κ1) is 17.3. The second-order valence-corrected chi connectivity index (χ2v) is 9.18. The van der Waals surface area contributed by atoms with E-state index in [0.29, 0.717) is 11.3 Å². The number of phenolic OH excluding ortho intramolecular Hbond substituents is 1. The molecular formula is C25H23N5O. The van der Waals surface area contributed by atoms with Crippen LogP contribution in [0.5, 0.6) is 5.75 Å². The Labute approximate surface area is 179 Å². The molecule has 1 saturated carbocycles. The minimum Gasteiger partial charge on any atom is -0.508 e. The molecular weight excluding hydrogens is 386 g/mol. The highest BCUT2D eigenvalue weighted by atomic mass is 16.3. The number of hydrogen-bond acceptors (Lipinski definition) is 4. The predicted octanol–water partition coefficient (Wildman–Crippen LogP) is 4.33. The fraction of sp³-hybridized carbons (Fsp3) is 0.280. The summed E-state index contributed by atoms with van der Waals surface area (Å²) in [6, 6.07) is 10.1. The minimum absolute atomic E-state index is 0.331. The van der Waals surface area contributed by atoms with E-state index in [0.717, 1.165) is 53.9 Å². The van der Waals surface area contributed by atoms with E-state index in [9.17, 15) is 5.11 Å². The lowest BCUT2D eigenvalue weighted by Gasteiger charge is -2.23. The number of rotatable bonds is 2. The second kappa shape index (κ2) is 6.08. The van der Waals surface area contributed by atoms with Crippen molar-refractivity contribution in [3.05, 3.63) is 59.4 Å². The molecule has 3 aliphatic rings. The van der Waals surface area contributed by atoms with Gasteiger partial charge in [-0.2, -0.15) is 5.10 Å². The molecule has 2 aliphatic carbocycles. The van der Waals surface area contributed by atoms with Crippen LogP contribution in [0.15, 0.2) is 42.6 Å². The average Bonchev–Trinajstić information content (AvgIpc) is 3.18. The summed E-state index contributed by atoms with van der Waals surface area (Å²) in [6.45, 7) is 0.931. The van der Waals surface area contributed by atoms with E-state index in [2.05, 4.69) is 43.7 Å². The van der Waals surface area contributed by atoms with E-state index >= 15 is 0 Å². The van der Waals surface area contributed by atoms with Crippen molar-refractivity contribution in [1.29, 1.82) is 0 Å². The summed E-state index contributed by atoms with van der Waals surface area (Å²) in [5, 5.41) is 22.4. The molecule has 1 spiro atoms. The fourth-order valence-electron chi connectivity index (χ4n) is 5.27. The van der Waals surface area contributed by atoms with Crippen LogP contribution >= 0.6 is 0 Å². The molecule has 0 amide bonds. The first-order valence-corrected chi connectivity index (χ1v) is 11.0. The van der Waals surface area contributed by atoms with E-state index in [1.807, 2.05) is 18.3 Å². The summed E-state index contributed by atoms with van der Waals surface area (Å²) >= 11 is 0. The molecule has 0 unspecified atom stereocenters. The Morgan fingerprint density at radius 1 is 1.00 bits per heavy atom. The minimum atomic E-state index is 0.331. The number of aromatic nitrogens is 4. The molecule has 7 rings (SSSR count). The van der Waals surface area contributed by atoms with Gasteiger partial charge in [0.15, 0.2) is 5.82 Å². The van der Waals surface area contributed by atoms with Crippen LogP contribution in [0.1, 0.15) is 36.1 Å². The summed E-state index contributed by atoms with van der Waals surface area (Å²) in [7, 11) is 0. The zero-order chi connectivity index (χ0) is 20.6. The highest BCUT2D eigenvalue weighted by molar-refractivity contribution is 5.96. The Hall–Kier alpha value is -3.38. The third kappa shape index (κ3) is 2.68. The number of fused-ring (bicyclic) bond motifs is 4. The van der Waals surface area contributed by atoms with Crippen LogP contribution < -0.4 is 5.32 Å². The molecule has 0 saturated heterocycles. The van der Waals surface area contributed by atoms with Gasteiger partial charge >= 0.3 is 0 Å². The molecule has 31 heavy (non-hydrogen) atoms. The van der Waals surface area contributed by atoms with Gasteiger partial charge in [0.25, 0.3) is 0 Å². The number of nitrogens with zero attached hydrogens (tertiary/aromatic N) is 2. The van der Waals surface area contributed by atoms with Crippen molar-refractivity contribution in [1.82, 2.24) is 25.5 Å². The van der Waals surface area contributed by atoms with Crippen LogP contribution in [0.3, 0.4) is 0 Å². The van der Waals surface area contributed by atoms with Crippen molar-refractivity contribution in [3.63, 3.8) is 0 Å². The van der Waals surface area contributed by atoms with Gasteiger partial charge in [0.2, 0.25) is 0 Å². The van der Waals surface area contributed by atoms with Crippen LogP contribution in [0.4, 0.5) is 0 Å². The topological polar surface area (TPSA) is 89.6 Å². The largest absolute Gasteiger partial charge is 0.508 e. The summed E-state index contributed by atoms with van der Waals surface area (Å²) < 4.78 is 0. The number of imidazole rings is 1. The maximum atomic E-state index is 9.83. The number of aryl methyl sites for hydroxylation is 2. The normalized spacial score (nSPS) is 18.6. The third-order valence-electron chi connectivity index (χ3n) is 7.18. The first-order valence-electron chi connectivity index (χ1n) is 11.0. The van der Waals surface area contributed by atoms with Crippen molar-refractivity contribution >= 4 is 16.5 Å². The summed E-state index contributed by atoms with van der Waals surface area (Å²) in [6.07, 6.45) is 9.71. The molecule has 4 aromatic rings. The fourth-order valence-corrected chi connectivity index (χ4v) is 5.27. The lowest BCUT2D eigenvalue weighted by atomic mass is 9.84. The molecule has 6 nitrogen and oxygen atoms in total. The summed E-state index contributed by atoms with van der Waals surface area (Å²) in [5.41, 5.74) is 9.60. The molecule has 3 heterocycles. The van der Waals surface area contributed by atoms with E-state index in [1.54, 1.807) is 6.07 Å². The Bertz CT molecular complexity index is 1390. The predicted molar refractivity (Wildman–Crippen MR) is 121 cm³/mol. The van der Waals surface area contributed by atoms with Crippen molar-refractivity contribution in [2.45, 2.75) is 37.6 Å². The Kier molecular flexibility index (Phi) is 3.39. The SMILES string of the molecule is Oc1ccc2c(c1)CCc1cc3c(-c4ncc(C5=CCNC6(CC6)C5)[nH]4)n[nH]c3cc1-2. The van der Waals surface area contributed by atoms with Gasteiger partial charge in [0.1, 0.15) is 11.4 Å². The average molecular weight is 409 g/mol. The van der Waals surface area contributed by atoms with E-state index in [-0.39, 0.29) is 0 Å². The zero-order valence-electron chi connectivity index (χ0n) is 17.1. The van der Waals surface area contributed by atoms with Gasteiger partial charge in [-0.15, -0.1) is 0 Å². The smallest absolute Gasteiger partial charge is 0.159 e. The number of H-pyrrole nitrogens is 2. The molecule has 2 aromatic heterocycles. The molecule has 6 heteroatoms. The molecule has 2 aromatic carbocycles. The number of benzene rings is 2. The Morgan fingerprint density at radius 2 is 1.87 bits per heavy atom. The standard InChI is InChI=1S/C25H23N5O/c31-17-3-4-18-14(9-17)1-2-15-10-20-21(11-19(15)18)29-30-23(20)24-26-13-22(28-24)16-5-8-27-25(12-16)6-7-25/h3-5,9-11,13,27,31H,1-2,6-8,12H2,(H,26,28)(H,29,30). The van der Waals surface area contributed by atoms with Crippen LogP contribution in [0, 0.1) is 0 Å². The van der Waals surface area contributed by atoms with Gasteiger partial charge in [-0.05, 0) is 84.2 Å². The molecule has 154 valence electrons. The van der Waals surface area contributed by atoms with Crippen LogP contribution in [0.2, 0.25) is 0 Å². The summed E-state index contributed by atoms with van der Waals surface area (Å²) in [4.78, 5) is 8.21. The monoisotopic (exact) mass is 409 g/mol. The molecule has 0 radical (unpaired) electrons. The van der Waals surface area contributed by atoms with E-state index in [1.165, 1.54) is 40.7 Å². The zero-order valence-corrected chi connectivity index (χ0v) is 17.1. The van der Waals surface area contributed by atoms with Gasteiger partial charge in [-0.25, -0.2) is 4.98 Å². The molecule has 0 bridgehead atoms. The van der Waals surface area contributed by atoms with Crippen molar-refractivity contribution in [2.24, 2.45) is 0 Å². The maximum Gasteiger partial charge on any atom is 0.159 e. The first-order chi connectivity index (χ1) is 15.2. The lowest BCUT2D eigenvalue weighted by molar-refractivity contribution is 0.474. The van der Waals surface area contributed by atoms with Gasteiger partial charge in [-0.3, -0.25) is 5.10 Å². The highest BCUT2D eigenvalue weighted by Gasteiger charge is 2.44. The number of nitrogens with one attached hydrogen (secondary N) is 3. The number of phenols is 1. The van der Waals surface area contributed by atoms with Gasteiger partial charge < -0.3 is 15.4 Å². The Morgan fingerprint density at radius 3 is 2.74 bits per heavy atom. The third-order valence-corrected chi connectivity index (χ3v) is 7.18. The quantitative estimate of drug-likeness (QED) is 0.397. The van der Waals surface area contributed by atoms with Gasteiger partial charge in [0.05, 0.1) is 17.4 Å². The van der Waals surface area contributed by atoms with Crippen molar-refractivity contribution in [2.75, 3.05) is 6.54 Å². The van der Waals surface area contributed by atoms with Crippen LogP contribution in [0.25, 0.3) is 39.1 Å². The van der Waals surface area contributed by atoms with Crippen LogP contribution in [-0.4, -0.2) is 37.4 Å². The molecule has 4 N–H and O–H groups in total. The Balaban J connectivity index is 1.28. The lowest BCUT2D eigenvalue weighted by Crippen LogP contribution is -2.34. The molecule has 1 fully saturated rings. The summed E-state index contributed by atoms with van der Waals surface area (Å²) in [5.74, 6) is 1.14. The highest BCUT2D eigenvalue weighted by Crippen LogP contribution is 2.45. The van der Waals surface area contributed by atoms with Gasteiger partial charge in [0, 0.05) is 17.5 Å². The number of aromatic amines is 2. The maximum absolute atomic E-state index is 9.83. The van der Waals surface area contributed by atoms with E-state index < -0.39 is 0 Å². The second-order valence-electron chi connectivity index (χ2n) is 9.18. The molecule has 0 atom stereocenters. The van der Waals surface area contributed by atoms with Gasteiger partial charge in [-0.1, -0.05) is 12.1 Å². The van der Waals surface area contributed by atoms with Crippen molar-refractivity contribution < 1.29 is 5.11 Å². The molecule has 1 aliphatic heterocycles. The number of hydrogen-bond donors (Lipinski definition) is 4. The van der Waals surface area contributed by atoms with E-state index in [4.69, 9.17) is 0 Å². The van der Waals surface area contributed by atoms with Crippen LogP contribution in [-0.2, 0) is 12.8 Å².